The van der Waals surface area contributed by atoms with Crippen LogP contribution in [0.3, 0.4) is 0 Å². The summed E-state index contributed by atoms with van der Waals surface area (Å²) in [7, 11) is -4.50. The Morgan fingerprint density at radius 3 is 0.952 bits per heavy atom. The van der Waals surface area contributed by atoms with Crippen LogP contribution in [-0.4, -0.2) is 24.2 Å². The highest BCUT2D eigenvalue weighted by atomic mass is 28.3. The van der Waals surface area contributed by atoms with E-state index in [0.717, 1.165) is 0 Å². The minimum absolute atomic E-state index is 1.21. The molecule has 0 aliphatic carbocycles. The molecular formula is C59H58Si3. The van der Waals surface area contributed by atoms with E-state index in [1.165, 1.54) is 104 Å². The standard InChI is InChI=1S/C59H58Si3/c1-60(2,3)48-32-26-41(27-33-48)55-39-47(40-56(42-28-34-49(35-29-42)61(4,5)6)58(55)44-30-36-50(37-31-44)62(7,8)9)45-20-17-21-46(38-45)59-53-24-15-13-22-51(53)57(43-18-11-10-12-19-43)52-23-14-16-25-54(52)59/h10-40H,1-9H3. The zero-order chi connectivity index (χ0) is 43.4. The van der Waals surface area contributed by atoms with Crippen LogP contribution in [0.2, 0.25) is 58.9 Å². The Labute approximate surface area is 373 Å². The van der Waals surface area contributed by atoms with Gasteiger partial charge < -0.3 is 0 Å². The molecule has 306 valence electrons. The van der Waals surface area contributed by atoms with Crippen molar-refractivity contribution in [2.24, 2.45) is 0 Å². The summed E-state index contributed by atoms with van der Waals surface area (Å²) in [5, 5.41) is 9.52. The quantitative estimate of drug-likeness (QED) is 0.100. The lowest BCUT2D eigenvalue weighted by atomic mass is 9.83. The van der Waals surface area contributed by atoms with Gasteiger partial charge in [-0.1, -0.05) is 244 Å². The molecule has 0 radical (unpaired) electrons. The largest absolute Gasteiger partial charge is 0.0775 e. The molecule has 9 aromatic rings. The summed E-state index contributed by atoms with van der Waals surface area (Å²) in [6.45, 7) is 21.9. The normalized spacial score (nSPS) is 12.3. The van der Waals surface area contributed by atoms with Gasteiger partial charge in [0.25, 0.3) is 0 Å². The summed E-state index contributed by atoms with van der Waals surface area (Å²) in [6, 6.07) is 71.7. The first-order valence-electron chi connectivity index (χ1n) is 22.3. The van der Waals surface area contributed by atoms with Crippen LogP contribution in [0.1, 0.15) is 0 Å². The Morgan fingerprint density at radius 1 is 0.226 bits per heavy atom. The van der Waals surface area contributed by atoms with Crippen LogP contribution in [0.4, 0.5) is 0 Å². The van der Waals surface area contributed by atoms with Gasteiger partial charge in [-0.2, -0.15) is 0 Å². The molecule has 0 saturated carbocycles. The second kappa shape index (κ2) is 16.1. The monoisotopic (exact) mass is 850 g/mol. The molecule has 0 aliphatic rings. The highest BCUT2D eigenvalue weighted by molar-refractivity contribution is 6.89. The molecule has 3 heteroatoms. The van der Waals surface area contributed by atoms with Crippen molar-refractivity contribution in [3.05, 3.63) is 188 Å². The Morgan fingerprint density at radius 2 is 0.548 bits per heavy atom. The van der Waals surface area contributed by atoms with Crippen LogP contribution in [0, 0.1) is 0 Å². The van der Waals surface area contributed by atoms with Gasteiger partial charge in [0.2, 0.25) is 0 Å². The van der Waals surface area contributed by atoms with Crippen molar-refractivity contribution in [1.82, 2.24) is 0 Å². The maximum atomic E-state index is 2.47. The van der Waals surface area contributed by atoms with Gasteiger partial charge in [-0.25, -0.2) is 0 Å². The van der Waals surface area contributed by atoms with Gasteiger partial charge >= 0.3 is 0 Å². The minimum Gasteiger partial charge on any atom is -0.0656 e. The lowest BCUT2D eigenvalue weighted by Crippen LogP contribution is -2.37. The highest BCUT2D eigenvalue weighted by Gasteiger charge is 2.23. The molecule has 0 atom stereocenters. The summed E-state index contributed by atoms with van der Waals surface area (Å²) in [4.78, 5) is 0. The van der Waals surface area contributed by atoms with Gasteiger partial charge in [0.1, 0.15) is 0 Å². The molecule has 0 fully saturated rings. The molecule has 0 nitrogen and oxygen atoms in total. The predicted molar refractivity (Wildman–Crippen MR) is 283 cm³/mol. The van der Waals surface area contributed by atoms with Crippen LogP contribution in [0.5, 0.6) is 0 Å². The Balaban J connectivity index is 1.31. The third kappa shape index (κ3) is 8.02. The molecule has 9 rings (SSSR count). The summed E-state index contributed by atoms with van der Waals surface area (Å²) >= 11 is 0. The van der Waals surface area contributed by atoms with Crippen molar-refractivity contribution in [2.75, 3.05) is 0 Å². The second-order valence-electron chi connectivity index (χ2n) is 20.2. The van der Waals surface area contributed by atoms with Crippen LogP contribution in [-0.2, 0) is 0 Å². The molecule has 0 unspecified atom stereocenters. The average Bonchev–Trinajstić information content (AvgIpc) is 3.27. The lowest BCUT2D eigenvalue weighted by Gasteiger charge is -2.23. The molecule has 0 bridgehead atoms. The third-order valence-electron chi connectivity index (χ3n) is 12.8. The first kappa shape index (κ1) is 41.5. The first-order chi connectivity index (χ1) is 29.6. The van der Waals surface area contributed by atoms with E-state index in [1.807, 2.05) is 0 Å². The van der Waals surface area contributed by atoms with E-state index in [1.54, 1.807) is 0 Å². The average molecular weight is 851 g/mol. The molecule has 9 aromatic carbocycles. The fraction of sp³-hybridized carbons (Fsp3) is 0.153. The van der Waals surface area contributed by atoms with Crippen LogP contribution in [0.25, 0.3) is 88.3 Å². The maximum Gasteiger partial charge on any atom is 0.0775 e. The number of rotatable bonds is 9. The second-order valence-corrected chi connectivity index (χ2v) is 35.4. The smallest absolute Gasteiger partial charge is 0.0656 e. The SMILES string of the molecule is C[Si](C)(C)c1ccc(-c2cc(-c3cccc(-c4c5ccccc5c(-c5ccccc5)c5ccccc45)c3)cc(-c3ccc([Si](C)(C)C)cc3)c2-c2ccc([Si](C)(C)C)cc2)cc1. The molecule has 0 heterocycles. The van der Waals surface area contributed by atoms with Crippen molar-refractivity contribution in [1.29, 1.82) is 0 Å². The third-order valence-corrected chi connectivity index (χ3v) is 19.0. The fourth-order valence-electron chi connectivity index (χ4n) is 9.22. The van der Waals surface area contributed by atoms with Gasteiger partial charge in [0.05, 0.1) is 24.2 Å². The van der Waals surface area contributed by atoms with Crippen LogP contribution >= 0.6 is 0 Å². The van der Waals surface area contributed by atoms with E-state index in [2.05, 4.69) is 247 Å². The Hall–Kier alpha value is -5.85. The number of fused-ring (bicyclic) bond motifs is 2. The van der Waals surface area contributed by atoms with Crippen LogP contribution in [0.15, 0.2) is 188 Å². The molecule has 0 spiro atoms. The summed E-state index contributed by atoms with van der Waals surface area (Å²) < 4.78 is 0. The van der Waals surface area contributed by atoms with Gasteiger partial charge in [0.15, 0.2) is 0 Å². The molecule has 0 N–H and O–H groups in total. The summed E-state index contributed by atoms with van der Waals surface area (Å²) in [6.07, 6.45) is 0. The van der Waals surface area contributed by atoms with Gasteiger partial charge in [-0.15, -0.1) is 0 Å². The molecule has 0 aromatic heterocycles. The Kier molecular flexibility index (Phi) is 10.8. The minimum atomic E-state index is -1.50. The van der Waals surface area contributed by atoms with Crippen molar-refractivity contribution in [3.63, 3.8) is 0 Å². The lowest BCUT2D eigenvalue weighted by molar-refractivity contribution is 1.54. The van der Waals surface area contributed by atoms with Gasteiger partial charge in [-0.05, 0) is 107 Å². The van der Waals surface area contributed by atoms with Crippen molar-refractivity contribution >= 4 is 61.3 Å². The summed E-state index contributed by atoms with van der Waals surface area (Å²) in [5.74, 6) is 0. The molecule has 0 amide bonds. The van der Waals surface area contributed by atoms with E-state index in [9.17, 15) is 0 Å². The van der Waals surface area contributed by atoms with E-state index >= 15 is 0 Å². The van der Waals surface area contributed by atoms with Crippen molar-refractivity contribution in [3.8, 4) is 66.8 Å². The fourth-order valence-corrected chi connectivity index (χ4v) is 12.7. The zero-order valence-corrected chi connectivity index (χ0v) is 40.9. The topological polar surface area (TPSA) is 0 Å². The number of hydrogen-bond donors (Lipinski definition) is 0. The van der Waals surface area contributed by atoms with Crippen molar-refractivity contribution < 1.29 is 0 Å². The van der Waals surface area contributed by atoms with Crippen molar-refractivity contribution in [2.45, 2.75) is 58.9 Å². The van der Waals surface area contributed by atoms with E-state index in [4.69, 9.17) is 0 Å². The van der Waals surface area contributed by atoms with E-state index in [-0.39, 0.29) is 0 Å². The molecule has 62 heavy (non-hydrogen) atoms. The van der Waals surface area contributed by atoms with E-state index in [0.29, 0.717) is 0 Å². The molecular weight excluding hydrogens is 793 g/mol. The highest BCUT2D eigenvalue weighted by Crippen LogP contribution is 2.46. The van der Waals surface area contributed by atoms with Gasteiger partial charge in [0, 0.05) is 0 Å². The van der Waals surface area contributed by atoms with E-state index < -0.39 is 24.2 Å². The Bertz CT molecular complexity index is 2930. The molecule has 0 aliphatic heterocycles. The molecule has 0 saturated heterocycles. The predicted octanol–water partition coefficient (Wildman–Crippen LogP) is 15.6. The van der Waals surface area contributed by atoms with Crippen LogP contribution < -0.4 is 15.6 Å². The maximum absolute atomic E-state index is 2.47. The zero-order valence-electron chi connectivity index (χ0n) is 37.9. The van der Waals surface area contributed by atoms with Gasteiger partial charge in [-0.3, -0.25) is 0 Å². The number of hydrogen-bond acceptors (Lipinski definition) is 0. The number of benzene rings is 9. The first-order valence-corrected chi connectivity index (χ1v) is 32.8. The summed E-state index contributed by atoms with van der Waals surface area (Å²) in [5.41, 5.74) is 15.1.